The van der Waals surface area contributed by atoms with Crippen LogP contribution in [-0.2, 0) is 24.2 Å². The normalized spacial score (nSPS) is 10.9. The number of halogens is 2. The molecule has 0 aliphatic carbocycles. The third kappa shape index (κ3) is 5.73. The highest BCUT2D eigenvalue weighted by atomic mass is 32.1. The molecule has 1 aromatic heterocycles. The number of aryl methyl sites for hydroxylation is 1. The van der Waals surface area contributed by atoms with Gasteiger partial charge in [-0.25, -0.2) is 0 Å². The maximum Gasteiger partial charge on any atom is 0.387 e. The van der Waals surface area contributed by atoms with Gasteiger partial charge in [0.2, 0.25) is 5.91 Å². The van der Waals surface area contributed by atoms with Gasteiger partial charge >= 0.3 is 6.61 Å². The van der Waals surface area contributed by atoms with E-state index in [-0.39, 0.29) is 18.2 Å². The number of nitrogens with one attached hydrogen (secondary N) is 2. The summed E-state index contributed by atoms with van der Waals surface area (Å²) in [6.07, 6.45) is 1.96. The summed E-state index contributed by atoms with van der Waals surface area (Å²) < 4.78 is 32.2. The van der Waals surface area contributed by atoms with Crippen molar-refractivity contribution in [3.63, 3.8) is 0 Å². The van der Waals surface area contributed by atoms with Crippen LogP contribution in [0.5, 0.6) is 5.75 Å². The van der Waals surface area contributed by atoms with Crippen molar-refractivity contribution >= 4 is 23.8 Å². The molecule has 1 amide bonds. The summed E-state index contributed by atoms with van der Waals surface area (Å²) in [6.45, 7) is -0.909. The Morgan fingerprint density at radius 3 is 2.73 bits per heavy atom. The molecule has 2 N–H and O–H groups in total. The average Bonchev–Trinajstić information content (AvgIpc) is 3.04. The van der Waals surface area contributed by atoms with Crippen LogP contribution in [0, 0.1) is 4.77 Å². The standard InChI is InChI=1S/C21H22F2N4O2S/c1-2-6-18-25-26-21(30)27(18)13-19(28)24-16-9-10-17(29-20(22)23)15(12-16)11-14-7-4-3-5-8-14/h3-5,7-10,12,20H,2,6,11,13H2,1H3,(H,24,28)(H,26,30). The fourth-order valence-electron chi connectivity index (χ4n) is 3.09. The summed E-state index contributed by atoms with van der Waals surface area (Å²) in [5, 5.41) is 9.64. The molecule has 0 aliphatic heterocycles. The molecular weight excluding hydrogens is 410 g/mol. The lowest BCUT2D eigenvalue weighted by Crippen LogP contribution is -2.20. The van der Waals surface area contributed by atoms with Gasteiger partial charge in [-0.2, -0.15) is 13.9 Å². The molecule has 0 bridgehead atoms. The van der Waals surface area contributed by atoms with Crippen LogP contribution in [0.1, 0.15) is 30.3 Å². The molecule has 3 rings (SSSR count). The quantitative estimate of drug-likeness (QED) is 0.480. The topological polar surface area (TPSA) is 71.9 Å². The fraction of sp³-hybridized carbons (Fsp3) is 0.286. The minimum absolute atomic E-state index is 0.00791. The minimum atomic E-state index is -2.93. The van der Waals surface area contributed by atoms with Gasteiger partial charge in [-0.3, -0.25) is 14.5 Å². The predicted molar refractivity (Wildman–Crippen MR) is 112 cm³/mol. The number of aromatic nitrogens is 3. The van der Waals surface area contributed by atoms with Crippen molar-refractivity contribution in [3.8, 4) is 5.75 Å². The number of carbonyl (C=O) groups is 1. The summed E-state index contributed by atoms with van der Waals surface area (Å²) in [7, 11) is 0. The van der Waals surface area contributed by atoms with E-state index in [4.69, 9.17) is 12.2 Å². The Hall–Kier alpha value is -3.07. The Labute approximate surface area is 177 Å². The Balaban J connectivity index is 1.78. The van der Waals surface area contributed by atoms with E-state index in [0.29, 0.717) is 34.7 Å². The molecule has 158 valence electrons. The van der Waals surface area contributed by atoms with E-state index >= 15 is 0 Å². The number of benzene rings is 2. The van der Waals surface area contributed by atoms with Crippen molar-refractivity contribution < 1.29 is 18.3 Å². The summed E-state index contributed by atoms with van der Waals surface area (Å²) in [5.74, 6) is 0.496. The number of rotatable bonds is 9. The molecule has 0 radical (unpaired) electrons. The van der Waals surface area contributed by atoms with Gasteiger partial charge in [-0.15, -0.1) is 0 Å². The number of H-pyrrole nitrogens is 1. The van der Waals surface area contributed by atoms with Crippen molar-refractivity contribution in [2.24, 2.45) is 0 Å². The zero-order valence-corrected chi connectivity index (χ0v) is 17.2. The predicted octanol–water partition coefficient (Wildman–Crippen LogP) is 4.72. The molecule has 0 atom stereocenters. The van der Waals surface area contributed by atoms with Gasteiger partial charge in [0.05, 0.1) is 0 Å². The first-order chi connectivity index (χ1) is 14.5. The number of nitrogens with zero attached hydrogens (tertiary/aromatic N) is 2. The van der Waals surface area contributed by atoms with Crippen LogP contribution in [0.3, 0.4) is 0 Å². The number of aromatic amines is 1. The molecule has 9 heteroatoms. The van der Waals surface area contributed by atoms with Gasteiger partial charge in [0.15, 0.2) is 4.77 Å². The van der Waals surface area contributed by atoms with Gasteiger partial charge in [-0.1, -0.05) is 37.3 Å². The molecule has 0 spiro atoms. The number of alkyl halides is 2. The Bertz CT molecular complexity index is 1050. The van der Waals surface area contributed by atoms with Gasteiger partial charge in [-0.05, 0) is 42.4 Å². The first-order valence-corrected chi connectivity index (χ1v) is 9.92. The summed E-state index contributed by atoms with van der Waals surface area (Å²) in [5.41, 5.74) is 1.97. The van der Waals surface area contributed by atoms with Gasteiger partial charge in [0, 0.05) is 24.1 Å². The summed E-state index contributed by atoms with van der Waals surface area (Å²) >= 11 is 5.20. The van der Waals surface area contributed by atoms with E-state index < -0.39 is 6.61 Å². The molecule has 0 unspecified atom stereocenters. The monoisotopic (exact) mass is 432 g/mol. The van der Waals surface area contributed by atoms with Crippen LogP contribution < -0.4 is 10.1 Å². The van der Waals surface area contributed by atoms with Crippen LogP contribution in [0.15, 0.2) is 48.5 Å². The molecule has 0 saturated carbocycles. The number of amides is 1. The number of anilines is 1. The van der Waals surface area contributed by atoms with Crippen LogP contribution in [0.25, 0.3) is 0 Å². The lowest BCUT2D eigenvalue weighted by Gasteiger charge is -2.14. The SMILES string of the molecule is CCCc1n[nH]c(=S)n1CC(=O)Nc1ccc(OC(F)F)c(Cc2ccccc2)c1. The molecule has 0 aliphatic rings. The second-order valence-electron chi connectivity index (χ2n) is 6.69. The lowest BCUT2D eigenvalue weighted by molar-refractivity contribution is -0.116. The zero-order valence-electron chi connectivity index (χ0n) is 16.4. The molecule has 1 heterocycles. The highest BCUT2D eigenvalue weighted by Gasteiger charge is 2.14. The highest BCUT2D eigenvalue weighted by molar-refractivity contribution is 7.71. The average molecular weight is 432 g/mol. The smallest absolute Gasteiger partial charge is 0.387 e. The van der Waals surface area contributed by atoms with Crippen molar-refractivity contribution in [1.29, 1.82) is 0 Å². The van der Waals surface area contributed by atoms with Crippen LogP contribution in [0.2, 0.25) is 0 Å². The Kier molecular flexibility index (Phi) is 7.29. The van der Waals surface area contributed by atoms with Gasteiger partial charge in [0.1, 0.15) is 18.1 Å². The Morgan fingerprint density at radius 2 is 2.03 bits per heavy atom. The molecule has 30 heavy (non-hydrogen) atoms. The van der Waals surface area contributed by atoms with Crippen LogP contribution in [-0.4, -0.2) is 27.3 Å². The van der Waals surface area contributed by atoms with Crippen LogP contribution >= 0.6 is 12.2 Å². The van der Waals surface area contributed by atoms with E-state index in [0.717, 1.165) is 12.0 Å². The first kappa shape index (κ1) is 21.6. The maximum absolute atomic E-state index is 12.8. The van der Waals surface area contributed by atoms with E-state index in [1.54, 1.807) is 10.6 Å². The van der Waals surface area contributed by atoms with Gasteiger partial charge in [0.25, 0.3) is 0 Å². The molecule has 0 saturated heterocycles. The van der Waals surface area contributed by atoms with Crippen molar-refractivity contribution in [2.75, 3.05) is 5.32 Å². The second-order valence-corrected chi connectivity index (χ2v) is 7.08. The van der Waals surface area contributed by atoms with E-state index in [1.807, 2.05) is 37.3 Å². The third-order valence-electron chi connectivity index (χ3n) is 4.41. The third-order valence-corrected chi connectivity index (χ3v) is 4.72. The van der Waals surface area contributed by atoms with Crippen molar-refractivity contribution in [2.45, 2.75) is 39.3 Å². The minimum Gasteiger partial charge on any atom is -0.435 e. The molecular formula is C21H22F2N4O2S. The first-order valence-electron chi connectivity index (χ1n) is 9.52. The fourth-order valence-corrected chi connectivity index (χ4v) is 3.31. The summed E-state index contributed by atoms with van der Waals surface area (Å²) in [4.78, 5) is 12.5. The van der Waals surface area contributed by atoms with Crippen molar-refractivity contribution in [1.82, 2.24) is 14.8 Å². The van der Waals surface area contributed by atoms with E-state index in [9.17, 15) is 13.6 Å². The number of carbonyl (C=O) groups excluding carboxylic acids is 1. The van der Waals surface area contributed by atoms with E-state index in [1.165, 1.54) is 12.1 Å². The number of hydrogen-bond donors (Lipinski definition) is 2. The van der Waals surface area contributed by atoms with E-state index in [2.05, 4.69) is 20.3 Å². The molecule has 0 fully saturated rings. The van der Waals surface area contributed by atoms with Crippen LogP contribution in [0.4, 0.5) is 14.5 Å². The molecule has 2 aromatic carbocycles. The van der Waals surface area contributed by atoms with Crippen molar-refractivity contribution in [3.05, 3.63) is 70.3 Å². The Morgan fingerprint density at radius 1 is 1.27 bits per heavy atom. The maximum atomic E-state index is 12.8. The second kappa shape index (κ2) is 10.1. The van der Waals surface area contributed by atoms with Gasteiger partial charge < -0.3 is 10.1 Å². The molecule has 6 nitrogen and oxygen atoms in total. The molecule has 3 aromatic rings. The lowest BCUT2D eigenvalue weighted by atomic mass is 10.0. The zero-order chi connectivity index (χ0) is 21.5. The summed E-state index contributed by atoms with van der Waals surface area (Å²) in [6, 6.07) is 14.0. The number of hydrogen-bond acceptors (Lipinski definition) is 4. The number of ether oxygens (including phenoxy) is 1. The highest BCUT2D eigenvalue weighted by Crippen LogP contribution is 2.27. The largest absolute Gasteiger partial charge is 0.435 e.